The summed E-state index contributed by atoms with van der Waals surface area (Å²) in [6, 6.07) is 7.80. The maximum Gasteiger partial charge on any atom is 0.161 e. The van der Waals surface area contributed by atoms with Gasteiger partial charge in [0.2, 0.25) is 0 Å². The zero-order valence-corrected chi connectivity index (χ0v) is 11.8. The highest BCUT2D eigenvalue weighted by molar-refractivity contribution is 7.19. The lowest BCUT2D eigenvalue weighted by molar-refractivity contribution is 0.355. The first-order valence-corrected chi connectivity index (χ1v) is 6.45. The van der Waals surface area contributed by atoms with Crippen molar-refractivity contribution in [3.05, 3.63) is 29.3 Å². The number of rotatable bonds is 3. The Morgan fingerprint density at radius 3 is 2.42 bits per heavy atom. The van der Waals surface area contributed by atoms with Crippen LogP contribution in [0.1, 0.15) is 11.1 Å². The monoisotopic (exact) mass is 274 g/mol. The average Bonchev–Trinajstić information content (AvgIpc) is 2.72. The third kappa shape index (κ3) is 2.23. The normalized spacial score (nSPS) is 10.0. The van der Waals surface area contributed by atoms with Crippen LogP contribution in [0.2, 0.25) is 0 Å². The summed E-state index contributed by atoms with van der Waals surface area (Å²) in [5.74, 6) is 1.33. The Hall–Kier alpha value is -2.19. The quantitative estimate of drug-likeness (QED) is 0.933. The Morgan fingerprint density at radius 2 is 1.89 bits per heavy atom. The summed E-state index contributed by atoms with van der Waals surface area (Å²) in [5, 5.41) is 9.62. The topological polar surface area (TPSA) is 68.3 Å². The zero-order chi connectivity index (χ0) is 14.0. The Balaban J connectivity index is 2.57. The number of benzene rings is 1. The lowest BCUT2D eigenvalue weighted by Gasteiger charge is -2.09. The van der Waals surface area contributed by atoms with Gasteiger partial charge in [0.25, 0.3) is 0 Å². The number of nitrogen functional groups attached to an aromatic ring is 1. The van der Waals surface area contributed by atoms with Crippen molar-refractivity contribution in [3.8, 4) is 28.0 Å². The minimum absolute atomic E-state index is 0.546. The number of hydrogen-bond donors (Lipinski definition) is 1. The Labute approximate surface area is 116 Å². The van der Waals surface area contributed by atoms with E-state index in [1.54, 1.807) is 14.2 Å². The molecule has 0 saturated carbocycles. The molecule has 0 amide bonds. The van der Waals surface area contributed by atoms with Crippen LogP contribution in [0.25, 0.3) is 10.4 Å². The SMILES string of the molecule is COc1ccc(-c2sc(N)c(C#N)c2C)cc1OC. The van der Waals surface area contributed by atoms with Gasteiger partial charge in [0.05, 0.1) is 19.8 Å². The van der Waals surface area contributed by atoms with Crippen molar-refractivity contribution in [2.75, 3.05) is 20.0 Å². The summed E-state index contributed by atoms with van der Waals surface area (Å²) in [5.41, 5.74) is 8.27. The summed E-state index contributed by atoms with van der Waals surface area (Å²) in [6.07, 6.45) is 0. The number of thiophene rings is 1. The molecule has 0 bridgehead atoms. The zero-order valence-electron chi connectivity index (χ0n) is 11.0. The smallest absolute Gasteiger partial charge is 0.161 e. The van der Waals surface area contributed by atoms with Crippen LogP contribution in [-0.4, -0.2) is 14.2 Å². The number of nitrogens with two attached hydrogens (primary N) is 1. The molecule has 2 N–H and O–H groups in total. The van der Waals surface area contributed by atoms with Gasteiger partial charge in [0, 0.05) is 4.88 Å². The van der Waals surface area contributed by atoms with Crippen LogP contribution >= 0.6 is 11.3 Å². The molecule has 0 radical (unpaired) electrons. The fourth-order valence-corrected chi connectivity index (χ4v) is 2.95. The van der Waals surface area contributed by atoms with Crippen LogP contribution in [0.5, 0.6) is 11.5 Å². The molecule has 0 atom stereocenters. The molecule has 1 heterocycles. The molecule has 1 aromatic carbocycles. The minimum atomic E-state index is 0.546. The second-order valence-corrected chi connectivity index (χ2v) is 5.03. The van der Waals surface area contributed by atoms with Crippen LogP contribution in [-0.2, 0) is 0 Å². The summed E-state index contributed by atoms with van der Waals surface area (Å²) in [6.45, 7) is 1.90. The van der Waals surface area contributed by atoms with Crippen molar-refractivity contribution in [3.63, 3.8) is 0 Å². The Morgan fingerprint density at radius 1 is 1.21 bits per heavy atom. The van der Waals surface area contributed by atoms with Crippen LogP contribution in [0.4, 0.5) is 5.00 Å². The van der Waals surface area contributed by atoms with Crippen LogP contribution in [0.15, 0.2) is 18.2 Å². The molecule has 5 heteroatoms. The minimum Gasteiger partial charge on any atom is -0.493 e. The maximum absolute atomic E-state index is 9.07. The van der Waals surface area contributed by atoms with E-state index < -0.39 is 0 Å². The van der Waals surface area contributed by atoms with E-state index in [4.69, 9.17) is 20.5 Å². The predicted molar refractivity (Wildman–Crippen MR) is 76.7 cm³/mol. The van der Waals surface area contributed by atoms with Gasteiger partial charge in [-0.2, -0.15) is 5.26 Å². The van der Waals surface area contributed by atoms with Gasteiger partial charge in [-0.25, -0.2) is 0 Å². The standard InChI is InChI=1S/C14H14N2O2S/c1-8-10(7-15)14(16)19-13(8)9-4-5-11(17-2)12(6-9)18-3/h4-6H,16H2,1-3H3. The highest BCUT2D eigenvalue weighted by atomic mass is 32.1. The molecule has 0 spiro atoms. The van der Waals surface area contributed by atoms with E-state index in [9.17, 15) is 0 Å². The maximum atomic E-state index is 9.07. The molecule has 0 aliphatic heterocycles. The number of nitriles is 1. The van der Waals surface area contributed by atoms with Gasteiger partial charge >= 0.3 is 0 Å². The number of ether oxygens (including phenoxy) is 2. The molecule has 0 saturated heterocycles. The summed E-state index contributed by atoms with van der Waals surface area (Å²) in [4.78, 5) is 0.981. The third-order valence-electron chi connectivity index (χ3n) is 2.93. The van der Waals surface area contributed by atoms with Crippen LogP contribution in [0.3, 0.4) is 0 Å². The van der Waals surface area contributed by atoms with Gasteiger partial charge in [-0.15, -0.1) is 11.3 Å². The number of anilines is 1. The van der Waals surface area contributed by atoms with E-state index >= 15 is 0 Å². The first kappa shape index (κ1) is 13.2. The second kappa shape index (κ2) is 5.21. The van der Waals surface area contributed by atoms with Gasteiger partial charge in [-0.05, 0) is 36.2 Å². The van der Waals surface area contributed by atoms with Gasteiger partial charge < -0.3 is 15.2 Å². The highest BCUT2D eigenvalue weighted by Crippen LogP contribution is 2.40. The molecule has 4 nitrogen and oxygen atoms in total. The van der Waals surface area contributed by atoms with Crippen LogP contribution in [0, 0.1) is 18.3 Å². The van der Waals surface area contributed by atoms with Gasteiger partial charge in [0.15, 0.2) is 11.5 Å². The molecule has 2 rings (SSSR count). The molecular formula is C14H14N2O2S. The summed E-state index contributed by atoms with van der Waals surface area (Å²) in [7, 11) is 3.19. The number of hydrogen-bond acceptors (Lipinski definition) is 5. The molecule has 2 aromatic rings. The average molecular weight is 274 g/mol. The van der Waals surface area contributed by atoms with E-state index in [0.29, 0.717) is 22.1 Å². The van der Waals surface area contributed by atoms with Gasteiger partial charge in [-0.1, -0.05) is 0 Å². The fraction of sp³-hybridized carbons (Fsp3) is 0.214. The first-order valence-electron chi connectivity index (χ1n) is 5.63. The van der Waals surface area contributed by atoms with E-state index in [1.165, 1.54) is 11.3 Å². The van der Waals surface area contributed by atoms with Crippen molar-refractivity contribution in [1.29, 1.82) is 5.26 Å². The summed E-state index contributed by atoms with van der Waals surface area (Å²) >= 11 is 1.41. The lowest BCUT2D eigenvalue weighted by atomic mass is 10.1. The molecule has 0 aliphatic rings. The molecule has 19 heavy (non-hydrogen) atoms. The number of nitrogens with zero attached hydrogens (tertiary/aromatic N) is 1. The van der Waals surface area contributed by atoms with Crippen molar-refractivity contribution >= 4 is 16.3 Å². The molecule has 0 fully saturated rings. The molecule has 98 valence electrons. The van der Waals surface area contributed by atoms with Crippen LogP contribution < -0.4 is 15.2 Å². The van der Waals surface area contributed by atoms with E-state index in [0.717, 1.165) is 16.0 Å². The third-order valence-corrected chi connectivity index (χ3v) is 4.10. The second-order valence-electron chi connectivity index (χ2n) is 3.98. The van der Waals surface area contributed by atoms with Crippen molar-refractivity contribution in [2.45, 2.75) is 6.92 Å². The largest absolute Gasteiger partial charge is 0.493 e. The fourth-order valence-electron chi connectivity index (χ4n) is 1.93. The predicted octanol–water partition coefficient (Wildman–Crippen LogP) is 3.19. The van der Waals surface area contributed by atoms with Crippen molar-refractivity contribution in [1.82, 2.24) is 0 Å². The van der Waals surface area contributed by atoms with E-state index in [2.05, 4.69) is 6.07 Å². The van der Waals surface area contributed by atoms with E-state index in [1.807, 2.05) is 25.1 Å². The molecule has 0 aliphatic carbocycles. The van der Waals surface area contributed by atoms with Crippen molar-refractivity contribution < 1.29 is 9.47 Å². The van der Waals surface area contributed by atoms with Crippen molar-refractivity contribution in [2.24, 2.45) is 0 Å². The summed E-state index contributed by atoms with van der Waals surface area (Å²) < 4.78 is 10.5. The van der Waals surface area contributed by atoms with Gasteiger partial charge in [-0.3, -0.25) is 0 Å². The Bertz CT molecular complexity index is 656. The molecule has 1 aromatic heterocycles. The molecular weight excluding hydrogens is 260 g/mol. The number of methoxy groups -OCH3 is 2. The first-order chi connectivity index (χ1) is 9.12. The highest BCUT2D eigenvalue weighted by Gasteiger charge is 2.15. The lowest BCUT2D eigenvalue weighted by Crippen LogP contribution is -1.90. The van der Waals surface area contributed by atoms with E-state index in [-0.39, 0.29) is 0 Å². The molecule has 0 unspecified atom stereocenters. The van der Waals surface area contributed by atoms with Gasteiger partial charge in [0.1, 0.15) is 11.1 Å². The Kier molecular flexibility index (Phi) is 3.63.